The largest absolute Gasteiger partial charge is 0.483 e. The maximum atomic E-state index is 12.3. The fourth-order valence-corrected chi connectivity index (χ4v) is 4.79. The Balaban J connectivity index is 1.50. The van der Waals surface area contributed by atoms with Crippen molar-refractivity contribution in [1.82, 2.24) is 10.3 Å². The van der Waals surface area contributed by atoms with E-state index in [2.05, 4.69) is 10.3 Å². The van der Waals surface area contributed by atoms with E-state index < -0.39 is 0 Å². The number of amides is 1. The van der Waals surface area contributed by atoms with Gasteiger partial charge in [0.15, 0.2) is 6.61 Å². The third-order valence-corrected chi connectivity index (χ3v) is 6.04. The molecule has 0 saturated carbocycles. The predicted molar refractivity (Wildman–Crippen MR) is 108 cm³/mol. The standard InChI is InChI=1S/C20H18N2O2S2/c1-12(14-6-4-3-5-7-14)21-18(23)11-24-16-10-17-19(22-13(2)26-17)20-15(16)8-9-25-20/h3-10,12H,11H2,1-2H3,(H,21,23). The van der Waals surface area contributed by atoms with Gasteiger partial charge >= 0.3 is 0 Å². The minimum atomic E-state index is -0.134. The summed E-state index contributed by atoms with van der Waals surface area (Å²) in [5, 5.41) is 7.05. The molecule has 2 heterocycles. The van der Waals surface area contributed by atoms with Crippen LogP contribution < -0.4 is 10.1 Å². The minimum Gasteiger partial charge on any atom is -0.483 e. The summed E-state index contributed by atoms with van der Waals surface area (Å²) >= 11 is 3.29. The Kier molecular flexibility index (Phi) is 4.61. The molecule has 4 nitrogen and oxygen atoms in total. The molecule has 0 saturated heterocycles. The molecule has 1 amide bonds. The Labute approximate surface area is 159 Å². The first-order valence-electron chi connectivity index (χ1n) is 8.36. The highest BCUT2D eigenvalue weighted by molar-refractivity contribution is 7.21. The fourth-order valence-electron chi connectivity index (χ4n) is 2.96. The summed E-state index contributed by atoms with van der Waals surface area (Å²) in [5.41, 5.74) is 2.09. The molecule has 2 aromatic heterocycles. The number of nitrogens with zero attached hydrogens (tertiary/aromatic N) is 1. The second-order valence-corrected chi connectivity index (χ2v) is 8.26. The number of rotatable bonds is 5. The smallest absolute Gasteiger partial charge is 0.258 e. The number of ether oxygens (including phenoxy) is 1. The van der Waals surface area contributed by atoms with Crippen LogP contribution in [0.2, 0.25) is 0 Å². The van der Waals surface area contributed by atoms with Gasteiger partial charge < -0.3 is 10.1 Å². The Hall–Kier alpha value is -2.44. The first-order chi connectivity index (χ1) is 12.6. The lowest BCUT2D eigenvalue weighted by atomic mass is 10.1. The number of aryl methyl sites for hydroxylation is 1. The van der Waals surface area contributed by atoms with Crippen molar-refractivity contribution in [3.8, 4) is 5.75 Å². The zero-order valence-electron chi connectivity index (χ0n) is 14.5. The van der Waals surface area contributed by atoms with E-state index in [-0.39, 0.29) is 18.6 Å². The molecule has 1 N–H and O–H groups in total. The SMILES string of the molecule is Cc1nc2c(cc(OCC(=O)NC(C)c3ccccc3)c3ccsc32)s1. The van der Waals surface area contributed by atoms with Crippen LogP contribution in [-0.4, -0.2) is 17.5 Å². The molecule has 26 heavy (non-hydrogen) atoms. The monoisotopic (exact) mass is 382 g/mol. The number of hydrogen-bond acceptors (Lipinski definition) is 5. The Morgan fingerprint density at radius 2 is 2.08 bits per heavy atom. The zero-order chi connectivity index (χ0) is 18.1. The number of aromatic nitrogens is 1. The van der Waals surface area contributed by atoms with Gasteiger partial charge in [0.1, 0.15) is 5.75 Å². The molecule has 1 atom stereocenters. The molecule has 0 bridgehead atoms. The van der Waals surface area contributed by atoms with Gasteiger partial charge in [-0.15, -0.1) is 22.7 Å². The van der Waals surface area contributed by atoms with Crippen molar-refractivity contribution in [2.24, 2.45) is 0 Å². The number of carbonyl (C=O) groups excluding carboxylic acids is 1. The van der Waals surface area contributed by atoms with Crippen LogP contribution >= 0.6 is 22.7 Å². The van der Waals surface area contributed by atoms with Crippen LogP contribution in [0.25, 0.3) is 20.3 Å². The van der Waals surface area contributed by atoms with E-state index in [1.165, 1.54) is 0 Å². The van der Waals surface area contributed by atoms with Crippen molar-refractivity contribution in [1.29, 1.82) is 0 Å². The molecule has 0 fully saturated rings. The lowest BCUT2D eigenvalue weighted by Gasteiger charge is -2.15. The van der Waals surface area contributed by atoms with Crippen LogP contribution in [0.3, 0.4) is 0 Å². The van der Waals surface area contributed by atoms with Gasteiger partial charge in [0.2, 0.25) is 0 Å². The van der Waals surface area contributed by atoms with Gasteiger partial charge in [0.25, 0.3) is 5.91 Å². The molecule has 0 spiro atoms. The molecule has 1 unspecified atom stereocenters. The third kappa shape index (κ3) is 3.30. The number of thiazole rings is 1. The normalized spacial score (nSPS) is 12.4. The molecule has 132 valence electrons. The second kappa shape index (κ2) is 7.05. The zero-order valence-corrected chi connectivity index (χ0v) is 16.1. The van der Waals surface area contributed by atoms with Crippen molar-refractivity contribution in [3.63, 3.8) is 0 Å². The number of fused-ring (bicyclic) bond motifs is 3. The van der Waals surface area contributed by atoms with Gasteiger partial charge in [-0.1, -0.05) is 30.3 Å². The highest BCUT2D eigenvalue weighted by Gasteiger charge is 2.14. The number of hydrogen-bond donors (Lipinski definition) is 1. The van der Waals surface area contributed by atoms with Crippen molar-refractivity contribution in [2.75, 3.05) is 6.61 Å². The van der Waals surface area contributed by atoms with E-state index in [9.17, 15) is 4.79 Å². The molecule has 0 radical (unpaired) electrons. The highest BCUT2D eigenvalue weighted by atomic mass is 32.1. The van der Waals surface area contributed by atoms with E-state index in [0.29, 0.717) is 0 Å². The first kappa shape index (κ1) is 17.0. The average molecular weight is 383 g/mol. The molecule has 6 heteroatoms. The second-order valence-electron chi connectivity index (χ2n) is 6.11. The summed E-state index contributed by atoms with van der Waals surface area (Å²) in [6.07, 6.45) is 0. The van der Waals surface area contributed by atoms with Crippen LogP contribution in [0.4, 0.5) is 0 Å². The van der Waals surface area contributed by atoms with E-state index in [0.717, 1.165) is 36.6 Å². The molecule has 2 aromatic carbocycles. The number of nitrogens with one attached hydrogen (secondary N) is 1. The van der Waals surface area contributed by atoms with E-state index in [1.54, 1.807) is 22.7 Å². The molecular formula is C20H18N2O2S2. The predicted octanol–water partition coefficient (Wildman–Crippen LogP) is 5.08. The Morgan fingerprint density at radius 1 is 1.27 bits per heavy atom. The van der Waals surface area contributed by atoms with Gasteiger partial charge in [-0.25, -0.2) is 4.98 Å². The maximum absolute atomic E-state index is 12.3. The van der Waals surface area contributed by atoms with Gasteiger partial charge in [0, 0.05) is 11.5 Å². The fraction of sp³-hybridized carbons (Fsp3) is 0.200. The molecule has 0 aliphatic heterocycles. The quantitative estimate of drug-likeness (QED) is 0.524. The average Bonchev–Trinajstić information content (AvgIpc) is 3.26. The summed E-state index contributed by atoms with van der Waals surface area (Å²) in [7, 11) is 0. The van der Waals surface area contributed by atoms with Gasteiger partial charge in [0.05, 0.1) is 26.0 Å². The maximum Gasteiger partial charge on any atom is 0.258 e. The van der Waals surface area contributed by atoms with E-state index in [4.69, 9.17) is 4.74 Å². The minimum absolute atomic E-state index is 0.00852. The molecule has 4 rings (SSSR count). The number of thiophene rings is 1. The molecule has 0 aliphatic carbocycles. The highest BCUT2D eigenvalue weighted by Crippen LogP contribution is 2.38. The molecule has 0 aliphatic rings. The van der Waals surface area contributed by atoms with Crippen molar-refractivity contribution in [3.05, 3.63) is 58.4 Å². The first-order valence-corrected chi connectivity index (χ1v) is 10.1. The van der Waals surface area contributed by atoms with Crippen molar-refractivity contribution in [2.45, 2.75) is 19.9 Å². The summed E-state index contributed by atoms with van der Waals surface area (Å²) < 4.78 is 8.07. The Bertz CT molecular complexity index is 1070. The van der Waals surface area contributed by atoms with Crippen LogP contribution in [0.15, 0.2) is 47.8 Å². The number of carbonyl (C=O) groups is 1. The third-order valence-electron chi connectivity index (χ3n) is 4.20. The van der Waals surface area contributed by atoms with Crippen LogP contribution in [-0.2, 0) is 4.79 Å². The molecule has 4 aromatic rings. The van der Waals surface area contributed by atoms with Gasteiger partial charge in [-0.3, -0.25) is 4.79 Å². The summed E-state index contributed by atoms with van der Waals surface area (Å²) in [6, 6.07) is 13.9. The summed E-state index contributed by atoms with van der Waals surface area (Å²) in [4.78, 5) is 16.9. The van der Waals surface area contributed by atoms with Crippen LogP contribution in [0, 0.1) is 6.92 Å². The Morgan fingerprint density at radius 3 is 2.88 bits per heavy atom. The summed E-state index contributed by atoms with van der Waals surface area (Å²) in [5.74, 6) is 0.602. The van der Waals surface area contributed by atoms with E-state index in [1.807, 2.05) is 61.7 Å². The van der Waals surface area contributed by atoms with Crippen molar-refractivity contribution < 1.29 is 9.53 Å². The topological polar surface area (TPSA) is 51.2 Å². The molecular weight excluding hydrogens is 364 g/mol. The van der Waals surface area contributed by atoms with Crippen LogP contribution in [0.1, 0.15) is 23.5 Å². The van der Waals surface area contributed by atoms with Crippen LogP contribution in [0.5, 0.6) is 5.75 Å². The lowest BCUT2D eigenvalue weighted by molar-refractivity contribution is -0.123. The van der Waals surface area contributed by atoms with Crippen molar-refractivity contribution >= 4 is 48.9 Å². The van der Waals surface area contributed by atoms with Gasteiger partial charge in [-0.05, 0) is 30.9 Å². The number of benzene rings is 2. The summed E-state index contributed by atoms with van der Waals surface area (Å²) in [6.45, 7) is 3.96. The van der Waals surface area contributed by atoms with Gasteiger partial charge in [-0.2, -0.15) is 0 Å². The lowest BCUT2D eigenvalue weighted by Crippen LogP contribution is -2.31. The van der Waals surface area contributed by atoms with E-state index >= 15 is 0 Å².